The Morgan fingerprint density at radius 3 is 2.43 bits per heavy atom. The molecule has 176 valence electrons. The van der Waals surface area contributed by atoms with Gasteiger partial charge in [-0.2, -0.15) is 0 Å². The third-order valence-corrected chi connectivity index (χ3v) is 6.58. The molecule has 0 saturated carbocycles. The fourth-order valence-corrected chi connectivity index (χ4v) is 4.34. The number of carboxylic acid groups (broad SMARTS) is 1. The van der Waals surface area contributed by atoms with Crippen LogP contribution in [-0.2, 0) is 4.79 Å². The van der Waals surface area contributed by atoms with Gasteiger partial charge in [-0.1, -0.05) is 42.3 Å². The van der Waals surface area contributed by atoms with Crippen molar-refractivity contribution < 1.29 is 53.7 Å². The summed E-state index contributed by atoms with van der Waals surface area (Å²) in [5.74, 6) is -0.355. The number of ketones is 1. The minimum absolute atomic E-state index is 0. The largest absolute Gasteiger partial charge is 1.00 e. The SMILES string of the molecule is CC(CCC(=O)c1ccc(Oc2cc3c(cc2Cl)C(C(=O)[O-])CCO3)cc1)c1ccc(Cl)cc1.[Na+]. The minimum Gasteiger partial charge on any atom is -0.549 e. The average molecular weight is 521 g/mol. The van der Waals surface area contributed by atoms with Crippen molar-refractivity contribution in [2.24, 2.45) is 0 Å². The summed E-state index contributed by atoms with van der Waals surface area (Å²) in [4.78, 5) is 24.0. The summed E-state index contributed by atoms with van der Waals surface area (Å²) in [7, 11) is 0. The van der Waals surface area contributed by atoms with Crippen LogP contribution in [0.2, 0.25) is 10.0 Å². The zero-order valence-electron chi connectivity index (χ0n) is 19.6. The van der Waals surface area contributed by atoms with Gasteiger partial charge >= 0.3 is 29.6 Å². The number of Topliss-reactive ketones (excluding diaryl/α,β-unsaturated/α-hetero) is 1. The zero-order chi connectivity index (χ0) is 24.2. The summed E-state index contributed by atoms with van der Waals surface area (Å²) in [6.45, 7) is 2.37. The number of halogens is 2. The van der Waals surface area contributed by atoms with Crippen LogP contribution in [0.4, 0.5) is 0 Å². The van der Waals surface area contributed by atoms with Gasteiger partial charge in [0.2, 0.25) is 0 Å². The summed E-state index contributed by atoms with van der Waals surface area (Å²) in [5.41, 5.74) is 2.24. The van der Waals surface area contributed by atoms with Crippen LogP contribution in [0.25, 0.3) is 0 Å². The number of hydrogen-bond acceptors (Lipinski definition) is 5. The summed E-state index contributed by atoms with van der Waals surface area (Å²) in [5, 5.41) is 12.4. The molecular weight excluding hydrogens is 498 g/mol. The number of hydrogen-bond donors (Lipinski definition) is 0. The van der Waals surface area contributed by atoms with Crippen LogP contribution < -0.4 is 44.1 Å². The molecule has 0 saturated heterocycles. The van der Waals surface area contributed by atoms with Gasteiger partial charge in [-0.15, -0.1) is 0 Å². The first-order valence-corrected chi connectivity index (χ1v) is 11.8. The fraction of sp³-hybridized carbons (Fsp3) is 0.259. The molecule has 1 heterocycles. The van der Waals surface area contributed by atoms with Gasteiger partial charge in [-0.3, -0.25) is 4.79 Å². The predicted octanol–water partition coefficient (Wildman–Crippen LogP) is 3.17. The molecule has 0 aliphatic carbocycles. The van der Waals surface area contributed by atoms with Crippen LogP contribution in [0.1, 0.15) is 59.5 Å². The molecule has 0 N–H and O–H groups in total. The molecule has 3 aromatic carbocycles. The van der Waals surface area contributed by atoms with E-state index < -0.39 is 11.9 Å². The number of ether oxygens (including phenoxy) is 2. The van der Waals surface area contributed by atoms with E-state index >= 15 is 0 Å². The van der Waals surface area contributed by atoms with Gasteiger partial charge in [0.25, 0.3) is 0 Å². The van der Waals surface area contributed by atoms with Crippen LogP contribution in [0.15, 0.2) is 60.7 Å². The summed E-state index contributed by atoms with van der Waals surface area (Å²) < 4.78 is 11.5. The Hall–Kier alpha value is -2.02. The van der Waals surface area contributed by atoms with Crippen molar-refractivity contribution in [1.82, 2.24) is 0 Å². The smallest absolute Gasteiger partial charge is 0.549 e. The molecule has 1 aliphatic rings. The van der Waals surface area contributed by atoms with E-state index in [1.807, 2.05) is 24.3 Å². The summed E-state index contributed by atoms with van der Waals surface area (Å²) in [6.07, 6.45) is 1.49. The standard InChI is InChI=1S/C27H24Cl2O5.Na/c1-16(17-3-7-19(28)8-4-17)2-11-24(30)18-5-9-20(10-6-18)34-26-15-25-22(14-23(26)29)21(27(31)32)12-13-33-25;/h3-10,14-16,21H,2,11-13H2,1H3,(H,31,32);/q;+1/p-1. The number of carboxylic acids is 1. The third-order valence-electron chi connectivity index (χ3n) is 6.04. The van der Waals surface area contributed by atoms with Gasteiger partial charge in [0.15, 0.2) is 5.78 Å². The van der Waals surface area contributed by atoms with Gasteiger partial charge in [0.1, 0.15) is 17.2 Å². The molecular formula is C27H23Cl2NaO5. The molecule has 3 aromatic rings. The quantitative estimate of drug-likeness (QED) is 0.337. The van der Waals surface area contributed by atoms with Crippen molar-refractivity contribution >= 4 is 35.0 Å². The number of carbonyl (C=O) groups excluding carboxylic acids is 2. The average Bonchev–Trinajstić information content (AvgIpc) is 2.83. The second-order valence-corrected chi connectivity index (χ2v) is 9.21. The van der Waals surface area contributed by atoms with Gasteiger partial charge in [-0.25, -0.2) is 0 Å². The molecule has 2 atom stereocenters. The number of rotatable bonds is 8. The van der Waals surface area contributed by atoms with Crippen molar-refractivity contribution in [2.75, 3.05) is 6.61 Å². The first-order valence-electron chi connectivity index (χ1n) is 11.1. The molecule has 8 heteroatoms. The molecule has 0 bridgehead atoms. The summed E-state index contributed by atoms with van der Waals surface area (Å²) in [6, 6.07) is 17.7. The zero-order valence-corrected chi connectivity index (χ0v) is 23.1. The predicted molar refractivity (Wildman–Crippen MR) is 129 cm³/mol. The number of aliphatic carboxylic acids is 1. The number of fused-ring (bicyclic) bond motifs is 1. The Morgan fingerprint density at radius 1 is 1.09 bits per heavy atom. The second-order valence-electron chi connectivity index (χ2n) is 8.37. The molecule has 35 heavy (non-hydrogen) atoms. The second kappa shape index (κ2) is 12.3. The molecule has 0 spiro atoms. The monoisotopic (exact) mass is 520 g/mol. The molecule has 0 amide bonds. The Kier molecular flexibility index (Phi) is 9.68. The van der Waals surface area contributed by atoms with Crippen molar-refractivity contribution in [3.05, 3.63) is 87.4 Å². The molecule has 0 fully saturated rings. The van der Waals surface area contributed by atoms with Crippen molar-refractivity contribution in [3.8, 4) is 17.2 Å². The van der Waals surface area contributed by atoms with E-state index in [9.17, 15) is 14.7 Å². The maximum Gasteiger partial charge on any atom is 1.00 e. The van der Waals surface area contributed by atoms with E-state index in [4.69, 9.17) is 32.7 Å². The van der Waals surface area contributed by atoms with Gasteiger partial charge in [-0.05, 0) is 66.8 Å². The molecule has 5 nitrogen and oxygen atoms in total. The number of benzene rings is 3. The van der Waals surface area contributed by atoms with Crippen LogP contribution in [-0.4, -0.2) is 18.4 Å². The van der Waals surface area contributed by atoms with E-state index in [1.165, 1.54) is 0 Å². The minimum atomic E-state index is -1.16. The van der Waals surface area contributed by atoms with Crippen molar-refractivity contribution in [3.63, 3.8) is 0 Å². The first-order chi connectivity index (χ1) is 16.3. The van der Waals surface area contributed by atoms with Crippen LogP contribution in [0.5, 0.6) is 17.2 Å². The topological polar surface area (TPSA) is 75.7 Å². The van der Waals surface area contributed by atoms with Crippen LogP contribution >= 0.6 is 23.2 Å². The fourth-order valence-electron chi connectivity index (χ4n) is 4.00. The molecule has 1 aliphatic heterocycles. The molecule has 2 unspecified atom stereocenters. The Balaban J connectivity index is 0.00000342. The molecule has 4 rings (SSSR count). The maximum absolute atomic E-state index is 12.7. The van der Waals surface area contributed by atoms with Crippen LogP contribution in [0.3, 0.4) is 0 Å². The van der Waals surface area contributed by atoms with E-state index in [-0.39, 0.29) is 52.9 Å². The maximum atomic E-state index is 12.7. The van der Waals surface area contributed by atoms with Gasteiger partial charge in [0.05, 0.1) is 11.6 Å². The Morgan fingerprint density at radius 2 is 1.77 bits per heavy atom. The third kappa shape index (κ3) is 6.81. The van der Waals surface area contributed by atoms with E-state index in [1.54, 1.807) is 36.4 Å². The van der Waals surface area contributed by atoms with Crippen molar-refractivity contribution in [1.29, 1.82) is 0 Å². The van der Waals surface area contributed by atoms with E-state index in [2.05, 4.69) is 6.92 Å². The van der Waals surface area contributed by atoms with Gasteiger partial charge in [0, 0.05) is 40.5 Å². The Bertz CT molecular complexity index is 1200. The van der Waals surface area contributed by atoms with E-state index in [0.29, 0.717) is 46.2 Å². The van der Waals surface area contributed by atoms with Crippen molar-refractivity contribution in [2.45, 2.75) is 38.0 Å². The molecule has 0 radical (unpaired) electrons. The normalized spacial score (nSPS) is 15.2. The number of carbonyl (C=O) groups is 2. The van der Waals surface area contributed by atoms with E-state index in [0.717, 1.165) is 12.0 Å². The Labute approximate surface area is 236 Å². The van der Waals surface area contributed by atoms with Gasteiger partial charge < -0.3 is 19.4 Å². The van der Waals surface area contributed by atoms with Crippen LogP contribution in [0, 0.1) is 0 Å². The molecule has 0 aromatic heterocycles. The summed E-state index contributed by atoms with van der Waals surface area (Å²) >= 11 is 12.3. The first kappa shape index (κ1) is 27.6.